The summed E-state index contributed by atoms with van der Waals surface area (Å²) >= 11 is 0. The molecule has 0 aromatic rings. The third-order valence-corrected chi connectivity index (χ3v) is 2.35. The van der Waals surface area contributed by atoms with Gasteiger partial charge in [-0.3, -0.25) is 0 Å². The molecule has 0 aromatic carbocycles. The molecule has 1 unspecified atom stereocenters. The van der Waals surface area contributed by atoms with Crippen LogP contribution in [0, 0.1) is 0 Å². The number of rotatable bonds is 8. The molecule has 0 radical (unpaired) electrons. The van der Waals surface area contributed by atoms with Crippen LogP contribution in [0.5, 0.6) is 0 Å². The maximum Gasteiger partial charge on any atom is 0.111 e. The van der Waals surface area contributed by atoms with Gasteiger partial charge in [-0.25, -0.2) is 0 Å². The van der Waals surface area contributed by atoms with Crippen molar-refractivity contribution in [2.24, 2.45) is 0 Å². The molecule has 0 saturated carbocycles. The van der Waals surface area contributed by atoms with Crippen LogP contribution in [0.4, 0.5) is 0 Å². The van der Waals surface area contributed by atoms with E-state index in [1.54, 1.807) is 0 Å². The van der Waals surface area contributed by atoms with Crippen LogP contribution in [0.3, 0.4) is 0 Å². The zero-order valence-corrected chi connectivity index (χ0v) is 9.92. The monoisotopic (exact) mass is 213 g/mol. The number of ether oxygens (including phenoxy) is 2. The summed E-state index contributed by atoms with van der Waals surface area (Å²) in [6.45, 7) is 7.69. The first kappa shape index (κ1) is 12.5. The van der Waals surface area contributed by atoms with E-state index in [4.69, 9.17) is 9.47 Å². The Morgan fingerprint density at radius 3 is 2.93 bits per heavy atom. The van der Waals surface area contributed by atoms with Crippen molar-refractivity contribution in [2.75, 3.05) is 26.4 Å². The molecule has 88 valence electrons. The topological polar surface area (TPSA) is 30.5 Å². The molecule has 3 nitrogen and oxygen atoms in total. The second kappa shape index (κ2) is 7.71. The molecule has 1 N–H and O–H groups in total. The second-order valence-corrected chi connectivity index (χ2v) is 3.83. The summed E-state index contributed by atoms with van der Waals surface area (Å²) in [5.74, 6) is 1.07. The van der Waals surface area contributed by atoms with Gasteiger partial charge in [0.25, 0.3) is 0 Å². The molecular formula is C12H23NO2. The van der Waals surface area contributed by atoms with Crippen LogP contribution >= 0.6 is 0 Å². The average Bonchev–Trinajstić information content (AvgIpc) is 2.76. The lowest BCUT2D eigenvalue weighted by molar-refractivity contribution is 0.0990. The van der Waals surface area contributed by atoms with E-state index in [9.17, 15) is 0 Å². The third kappa shape index (κ3) is 4.67. The molecule has 1 aliphatic rings. The van der Waals surface area contributed by atoms with E-state index in [1.807, 2.05) is 0 Å². The zero-order chi connectivity index (χ0) is 10.9. The van der Waals surface area contributed by atoms with E-state index in [0.29, 0.717) is 0 Å². The second-order valence-electron chi connectivity index (χ2n) is 3.83. The Morgan fingerprint density at radius 2 is 2.33 bits per heavy atom. The van der Waals surface area contributed by atoms with Crippen molar-refractivity contribution in [3.63, 3.8) is 0 Å². The van der Waals surface area contributed by atoms with Gasteiger partial charge >= 0.3 is 0 Å². The number of hydrogen-bond acceptors (Lipinski definition) is 3. The molecule has 0 spiro atoms. The first-order valence-corrected chi connectivity index (χ1v) is 6.02. The lowest BCUT2D eigenvalue weighted by atomic mass is 10.2. The summed E-state index contributed by atoms with van der Waals surface area (Å²) in [6.07, 6.45) is 5.41. The summed E-state index contributed by atoms with van der Waals surface area (Å²) in [7, 11) is 0. The van der Waals surface area contributed by atoms with Crippen LogP contribution in [0.25, 0.3) is 0 Å². The summed E-state index contributed by atoms with van der Waals surface area (Å²) in [4.78, 5) is 0. The van der Waals surface area contributed by atoms with Crippen molar-refractivity contribution in [1.82, 2.24) is 5.32 Å². The minimum Gasteiger partial charge on any atom is -0.496 e. The van der Waals surface area contributed by atoms with Gasteiger partial charge in [-0.1, -0.05) is 13.8 Å². The molecule has 1 atom stereocenters. The molecule has 3 heteroatoms. The Labute approximate surface area is 92.8 Å². The van der Waals surface area contributed by atoms with Crippen molar-refractivity contribution in [3.8, 4) is 0 Å². The minimum absolute atomic E-state index is 0.249. The van der Waals surface area contributed by atoms with Crippen LogP contribution < -0.4 is 5.32 Å². The molecule has 0 amide bonds. The quantitative estimate of drug-likeness (QED) is 0.626. The van der Waals surface area contributed by atoms with Gasteiger partial charge in [0.1, 0.15) is 5.76 Å². The van der Waals surface area contributed by atoms with Crippen molar-refractivity contribution in [3.05, 3.63) is 11.8 Å². The molecule has 0 fully saturated rings. The maximum absolute atomic E-state index is 5.57. The SMILES string of the molecule is CCCNC(COCCC)C1=CCCO1. The van der Waals surface area contributed by atoms with Gasteiger partial charge in [-0.2, -0.15) is 0 Å². The molecule has 0 aliphatic carbocycles. The van der Waals surface area contributed by atoms with Gasteiger partial charge in [0, 0.05) is 13.0 Å². The standard InChI is InChI=1S/C12H23NO2/c1-3-7-13-11(10-14-8-4-2)12-6-5-9-15-12/h6,11,13H,3-5,7-10H2,1-2H3. The number of nitrogens with one attached hydrogen (secondary N) is 1. The predicted molar refractivity (Wildman–Crippen MR) is 61.8 cm³/mol. The van der Waals surface area contributed by atoms with E-state index in [1.165, 1.54) is 0 Å². The highest BCUT2D eigenvalue weighted by Gasteiger charge is 2.17. The predicted octanol–water partition coefficient (Wildman–Crippen LogP) is 2.09. The first-order valence-electron chi connectivity index (χ1n) is 6.02. The highest BCUT2D eigenvalue weighted by Crippen LogP contribution is 2.13. The van der Waals surface area contributed by atoms with Crippen molar-refractivity contribution in [1.29, 1.82) is 0 Å². The number of hydrogen-bond donors (Lipinski definition) is 1. The lowest BCUT2D eigenvalue weighted by Gasteiger charge is -2.19. The Morgan fingerprint density at radius 1 is 1.47 bits per heavy atom. The van der Waals surface area contributed by atoms with Crippen LogP contribution in [-0.4, -0.2) is 32.4 Å². The maximum atomic E-state index is 5.57. The molecule has 1 heterocycles. The van der Waals surface area contributed by atoms with Crippen LogP contribution in [-0.2, 0) is 9.47 Å². The summed E-state index contributed by atoms with van der Waals surface area (Å²) in [5.41, 5.74) is 0. The Hall–Kier alpha value is -0.540. The van der Waals surface area contributed by atoms with Gasteiger partial charge in [0.15, 0.2) is 0 Å². The summed E-state index contributed by atoms with van der Waals surface area (Å²) in [6, 6.07) is 0.249. The lowest BCUT2D eigenvalue weighted by Crippen LogP contribution is -2.36. The molecular weight excluding hydrogens is 190 g/mol. The highest BCUT2D eigenvalue weighted by molar-refractivity contribution is 5.07. The smallest absolute Gasteiger partial charge is 0.111 e. The van der Waals surface area contributed by atoms with E-state index in [-0.39, 0.29) is 6.04 Å². The van der Waals surface area contributed by atoms with Crippen molar-refractivity contribution < 1.29 is 9.47 Å². The van der Waals surface area contributed by atoms with E-state index in [0.717, 1.165) is 51.4 Å². The fourth-order valence-electron chi connectivity index (χ4n) is 1.59. The third-order valence-electron chi connectivity index (χ3n) is 2.35. The Bertz CT molecular complexity index is 192. The van der Waals surface area contributed by atoms with Gasteiger partial charge in [-0.15, -0.1) is 0 Å². The fourth-order valence-corrected chi connectivity index (χ4v) is 1.59. The van der Waals surface area contributed by atoms with Crippen LogP contribution in [0.2, 0.25) is 0 Å². The van der Waals surface area contributed by atoms with Crippen molar-refractivity contribution in [2.45, 2.75) is 39.2 Å². The van der Waals surface area contributed by atoms with Crippen LogP contribution in [0.1, 0.15) is 33.1 Å². The van der Waals surface area contributed by atoms with Gasteiger partial charge in [0.05, 0.1) is 19.3 Å². The molecule has 0 bridgehead atoms. The van der Waals surface area contributed by atoms with E-state index < -0.39 is 0 Å². The zero-order valence-electron chi connectivity index (χ0n) is 9.92. The van der Waals surface area contributed by atoms with Gasteiger partial charge in [0.2, 0.25) is 0 Å². The minimum atomic E-state index is 0.249. The Balaban J connectivity index is 2.30. The molecule has 1 aliphatic heterocycles. The molecule has 0 saturated heterocycles. The van der Waals surface area contributed by atoms with Gasteiger partial charge in [-0.05, 0) is 25.5 Å². The normalized spacial score (nSPS) is 17.3. The van der Waals surface area contributed by atoms with E-state index in [2.05, 4.69) is 25.2 Å². The largest absolute Gasteiger partial charge is 0.496 e. The molecule has 0 aromatic heterocycles. The summed E-state index contributed by atoms with van der Waals surface area (Å²) < 4.78 is 11.1. The van der Waals surface area contributed by atoms with Crippen molar-refractivity contribution >= 4 is 0 Å². The van der Waals surface area contributed by atoms with E-state index >= 15 is 0 Å². The van der Waals surface area contributed by atoms with Gasteiger partial charge < -0.3 is 14.8 Å². The molecule has 1 rings (SSSR count). The fraction of sp³-hybridized carbons (Fsp3) is 0.833. The molecule has 15 heavy (non-hydrogen) atoms. The average molecular weight is 213 g/mol. The Kier molecular flexibility index (Phi) is 6.44. The van der Waals surface area contributed by atoms with Crippen LogP contribution in [0.15, 0.2) is 11.8 Å². The summed E-state index contributed by atoms with van der Waals surface area (Å²) in [5, 5.41) is 3.45. The highest BCUT2D eigenvalue weighted by atomic mass is 16.5. The first-order chi connectivity index (χ1) is 7.38.